The first-order valence-corrected chi connectivity index (χ1v) is 49.4. The van der Waals surface area contributed by atoms with Crippen LogP contribution in [0.1, 0.15) is 57.8 Å². The van der Waals surface area contributed by atoms with Crippen LogP contribution in [-0.4, -0.2) is 239 Å². The van der Waals surface area contributed by atoms with Crippen LogP contribution in [-0.2, 0) is 19.1 Å². The number of rotatable bonds is 19. The predicted octanol–water partition coefficient (Wildman–Crippen LogP) is 17.7. The molecule has 7 aliphatic rings. The van der Waals surface area contributed by atoms with Gasteiger partial charge in [0.15, 0.2) is 29.1 Å². The number of carbonyl (C=O) groups is 3. The van der Waals surface area contributed by atoms with Crippen molar-refractivity contribution in [2.24, 2.45) is 5.92 Å². The summed E-state index contributed by atoms with van der Waals surface area (Å²) >= 11 is 6.59. The third-order valence-corrected chi connectivity index (χ3v) is 28.6. The second kappa shape index (κ2) is 41.3. The summed E-state index contributed by atoms with van der Waals surface area (Å²) in [6.45, 7) is 16.0. The number of nitrogens with one attached hydrogen (secondary N) is 2. The summed E-state index contributed by atoms with van der Waals surface area (Å²) in [5, 5.41) is 18.3. The van der Waals surface area contributed by atoms with Gasteiger partial charge in [-0.3, -0.25) is 44.1 Å². The lowest BCUT2D eigenvalue weighted by molar-refractivity contribution is -0.137. The maximum atomic E-state index is 13.1. The van der Waals surface area contributed by atoms with Crippen LogP contribution in [0.25, 0.3) is 131 Å². The van der Waals surface area contributed by atoms with Crippen molar-refractivity contribution in [3.8, 4) is 90.6 Å². The summed E-state index contributed by atoms with van der Waals surface area (Å²) in [6.07, 6.45) is 16.9. The Hall–Kier alpha value is -12.9. The molecule has 23 rings (SSSR count). The van der Waals surface area contributed by atoms with Crippen molar-refractivity contribution in [3.63, 3.8) is 0 Å². The van der Waals surface area contributed by atoms with E-state index in [1.807, 2.05) is 102 Å². The van der Waals surface area contributed by atoms with E-state index in [1.54, 1.807) is 70.1 Å². The number of piperazine rings is 2. The number of likely N-dealkylation sites (tertiary alicyclic amines) is 2. The number of hydrogen-bond acceptors (Lipinski definition) is 27. The fraction of sp³-hybridized carbons (Fsp3) is 0.304. The van der Waals surface area contributed by atoms with E-state index in [2.05, 4.69) is 184 Å². The van der Waals surface area contributed by atoms with Crippen molar-refractivity contribution in [2.75, 3.05) is 151 Å². The number of piperidine rings is 2. The Morgan fingerprint density at radius 3 is 1.08 bits per heavy atom. The number of hydrogen-bond donors (Lipinski definition) is 2. The summed E-state index contributed by atoms with van der Waals surface area (Å²) in [5.74, 6) is 7.15. The molecule has 0 radical (unpaired) electrons. The summed E-state index contributed by atoms with van der Waals surface area (Å²) in [5.41, 5.74) is 15.9. The van der Waals surface area contributed by atoms with Crippen molar-refractivity contribution < 1.29 is 19.1 Å². The summed E-state index contributed by atoms with van der Waals surface area (Å²) in [7, 11) is 0. The number of benzene rings is 4. The Bertz CT molecular complexity index is 6590. The van der Waals surface area contributed by atoms with E-state index in [-0.39, 0.29) is 17.7 Å². The number of nitrogens with zero attached hydrogens (tertiary/aromatic N) is 20. The lowest BCUT2D eigenvalue weighted by Gasteiger charge is -2.36. The van der Waals surface area contributed by atoms with Gasteiger partial charge >= 0.3 is 0 Å². The van der Waals surface area contributed by atoms with Gasteiger partial charge in [-0.05, 0) is 129 Å². The Balaban J connectivity index is 0.000000110. The molecule has 668 valence electrons. The van der Waals surface area contributed by atoms with Crippen LogP contribution in [0.5, 0.6) is 0 Å². The van der Waals surface area contributed by atoms with Crippen molar-refractivity contribution in [2.45, 2.75) is 63.8 Å². The highest BCUT2D eigenvalue weighted by molar-refractivity contribution is 7.18. The van der Waals surface area contributed by atoms with Crippen LogP contribution in [0.4, 0.5) is 23.3 Å². The van der Waals surface area contributed by atoms with E-state index >= 15 is 0 Å². The Kier molecular flexibility index (Phi) is 27.2. The number of ether oxygens (including phenoxy) is 1. The van der Waals surface area contributed by atoms with Gasteiger partial charge in [0.2, 0.25) is 17.7 Å². The molecular formula is C102H102N22O4S4. The van der Waals surface area contributed by atoms with Crippen LogP contribution >= 0.6 is 45.3 Å². The number of fused-ring (bicyclic) bond motifs is 4. The molecule has 16 aromatic rings. The zero-order chi connectivity index (χ0) is 88.9. The van der Waals surface area contributed by atoms with Gasteiger partial charge in [-0.2, -0.15) is 0 Å². The molecule has 132 heavy (non-hydrogen) atoms. The number of aromatic nitrogens is 12. The second-order valence-corrected chi connectivity index (χ2v) is 37.4. The first kappa shape index (κ1) is 87.1. The average molecular weight is 1830 g/mol. The average Bonchev–Trinajstić information content (AvgIpc) is 1.59. The van der Waals surface area contributed by atoms with Gasteiger partial charge < -0.3 is 40.0 Å². The Morgan fingerprint density at radius 1 is 0.341 bits per heavy atom. The molecule has 6 aliphatic heterocycles. The van der Waals surface area contributed by atoms with E-state index in [0.717, 1.165) is 260 Å². The number of thiophene rings is 4. The molecule has 30 heteroatoms. The fourth-order valence-electron chi connectivity index (χ4n) is 18.0. The van der Waals surface area contributed by atoms with E-state index < -0.39 is 0 Å². The molecule has 4 aromatic carbocycles. The molecule has 7 fully saturated rings. The zero-order valence-electron chi connectivity index (χ0n) is 73.5. The van der Waals surface area contributed by atoms with E-state index in [4.69, 9.17) is 44.6 Å². The molecule has 26 nitrogen and oxygen atoms in total. The molecule has 18 heterocycles. The summed E-state index contributed by atoms with van der Waals surface area (Å²) < 4.78 is 5.47. The standard InChI is InChI=1S/C28H29N5OS.C27H28N6OS.C26H26N6OS.C21H19N5OS/c34-28(33-15-7-2-8-16-33)21-12-17-32(18-13-21)26-24-22(20-9-3-1-4-10-20)19-35-27(24)31-25(30-26)23-11-5-6-14-29-23;34-23(32-12-6-7-13-32)18-31-14-16-33(17-15-31)26-24-21(20-8-2-1-3-9-20)19-35-27(24)30-25(29-26)22-10-4-5-11-28-22;33-22(28-19-9-10-19)16-31-12-14-32(15-13-31)25-23-20(18-6-2-1-3-7-18)17-34-26(23)30-24(29-25)21-8-4-5-11-27-21;1-2-6-15(7-3-1)16-14-28-21-18(16)20(25-26-10-12-27-13-11-26)23-19(24-21)17-8-4-5-9-22-17/h1,3-6,9-11,14,19,21H,2,7-8,12-13,15-18H2;1-5,8-11,19H,6-7,12-18H2;1-8,11,17,19H,9-10,12-16H2,(H,28,33);1-9,14H,10-13H2,(H,23,24,25). The van der Waals surface area contributed by atoms with Gasteiger partial charge in [0.05, 0.1) is 47.8 Å². The maximum Gasteiger partial charge on any atom is 0.236 e. The number of hydrazine groups is 1. The number of anilines is 4. The predicted molar refractivity (Wildman–Crippen MR) is 530 cm³/mol. The first-order valence-electron chi connectivity index (χ1n) is 45.9. The quantitative estimate of drug-likeness (QED) is 0.0762. The van der Waals surface area contributed by atoms with Crippen molar-refractivity contribution >= 4 is 127 Å². The number of morpholine rings is 1. The topological polar surface area (TPSA) is 265 Å². The highest BCUT2D eigenvalue weighted by Crippen LogP contribution is 2.45. The lowest BCUT2D eigenvalue weighted by Crippen LogP contribution is -2.50. The first-order chi connectivity index (χ1) is 65.2. The van der Waals surface area contributed by atoms with Gasteiger partial charge in [0, 0.05) is 185 Å². The van der Waals surface area contributed by atoms with Crippen LogP contribution < -0.4 is 25.4 Å². The number of amides is 3. The van der Waals surface area contributed by atoms with Crippen LogP contribution in [0.2, 0.25) is 0 Å². The van der Waals surface area contributed by atoms with E-state index in [1.165, 1.54) is 34.2 Å². The molecule has 0 bridgehead atoms. The minimum atomic E-state index is 0.119. The van der Waals surface area contributed by atoms with Gasteiger partial charge in [0.1, 0.15) is 59.6 Å². The van der Waals surface area contributed by atoms with Gasteiger partial charge in [-0.25, -0.2) is 44.9 Å². The molecule has 0 atom stereocenters. The highest BCUT2D eigenvalue weighted by atomic mass is 32.1. The number of carbonyl (C=O) groups excluding carboxylic acids is 3. The Morgan fingerprint density at radius 2 is 0.689 bits per heavy atom. The third-order valence-electron chi connectivity index (χ3n) is 25.1. The summed E-state index contributed by atoms with van der Waals surface area (Å²) in [4.78, 5) is 115. The summed E-state index contributed by atoms with van der Waals surface area (Å²) in [6, 6.07) is 65.4. The van der Waals surface area contributed by atoms with Gasteiger partial charge in [-0.1, -0.05) is 146 Å². The third kappa shape index (κ3) is 20.3. The molecule has 1 saturated carbocycles. The largest absolute Gasteiger partial charge is 0.379 e. The van der Waals surface area contributed by atoms with Crippen LogP contribution in [0, 0.1) is 5.92 Å². The second-order valence-electron chi connectivity index (χ2n) is 34.0. The minimum Gasteiger partial charge on any atom is -0.379 e. The lowest BCUT2D eigenvalue weighted by atomic mass is 9.94. The molecule has 6 saturated heterocycles. The molecule has 2 N–H and O–H groups in total. The molecule has 12 aromatic heterocycles. The molecule has 0 spiro atoms. The number of pyridine rings is 4. The molecule has 3 amide bonds. The SMILES string of the molecule is O=C(C1CCN(c2nc(-c3ccccn3)nc3scc(-c4ccccc4)c23)CC1)N1CCCCC1.O=C(CN1CCN(c2nc(-c3ccccn3)nc3scc(-c4ccccc4)c23)CC1)N1CCCC1.O=C(CN1CCN(c2nc(-c3ccccn3)nc3scc(-c4ccccc4)c23)CC1)NC1CC1.c1ccc(-c2csc3nc(-c4ccccn4)nc(NN4CCOCC4)c23)cc1. The highest BCUT2D eigenvalue weighted by Gasteiger charge is 2.35. The van der Waals surface area contributed by atoms with Gasteiger partial charge in [0.25, 0.3) is 0 Å². The monoisotopic (exact) mass is 1830 g/mol. The van der Waals surface area contributed by atoms with Crippen molar-refractivity contribution in [3.05, 3.63) is 240 Å². The van der Waals surface area contributed by atoms with Gasteiger partial charge in [-0.15, -0.1) is 45.3 Å². The smallest absolute Gasteiger partial charge is 0.236 e. The molecule has 1 aliphatic carbocycles. The van der Waals surface area contributed by atoms with E-state index in [9.17, 15) is 14.4 Å². The maximum absolute atomic E-state index is 13.1. The minimum absolute atomic E-state index is 0.119. The molecule has 0 unspecified atom stereocenters. The zero-order valence-corrected chi connectivity index (χ0v) is 76.7. The van der Waals surface area contributed by atoms with Crippen molar-refractivity contribution in [1.82, 2.24) is 89.7 Å². The Labute approximate surface area is 782 Å². The van der Waals surface area contributed by atoms with Crippen LogP contribution in [0.15, 0.2) is 240 Å². The van der Waals surface area contributed by atoms with Crippen molar-refractivity contribution in [1.29, 1.82) is 0 Å². The fourth-order valence-corrected chi connectivity index (χ4v) is 21.7. The van der Waals surface area contributed by atoms with E-state index in [0.29, 0.717) is 61.5 Å². The van der Waals surface area contributed by atoms with Crippen LogP contribution in [0.3, 0.4) is 0 Å². The molecular weight excluding hydrogens is 1730 g/mol. The normalized spacial score (nSPS) is 16.5.